The van der Waals surface area contributed by atoms with Crippen LogP contribution in [0.4, 0.5) is 5.13 Å². The molecule has 0 atom stereocenters. The number of nitrogens with one attached hydrogen (secondary N) is 1. The zero-order chi connectivity index (χ0) is 18.2. The quantitative estimate of drug-likeness (QED) is 0.558. The molecule has 0 bridgehead atoms. The molecule has 2 heterocycles. The number of carbonyl (C=O) groups excluding carboxylic acids is 2. The number of esters is 1. The van der Waals surface area contributed by atoms with Gasteiger partial charge in [-0.05, 0) is 32.1 Å². The van der Waals surface area contributed by atoms with Crippen LogP contribution in [0.3, 0.4) is 0 Å². The van der Waals surface area contributed by atoms with Crippen LogP contribution in [0.25, 0.3) is 0 Å². The average molecular weight is 399 g/mol. The van der Waals surface area contributed by atoms with Gasteiger partial charge in [0, 0.05) is 19.1 Å². The smallest absolute Gasteiger partial charge is 0.316 e. The molecule has 0 aromatic carbocycles. The standard InChI is InChI=1S/C17H26N4O3S2/c22-14(21-9-5-2-6-10-21)11-24-15(23)12-25-17-20-19-16(26-17)18-13-7-3-1-4-8-13/h13H,1-12H2,(H,18,19). The Hall–Kier alpha value is -1.35. The molecule has 1 aromatic heterocycles. The molecule has 144 valence electrons. The largest absolute Gasteiger partial charge is 0.455 e. The summed E-state index contributed by atoms with van der Waals surface area (Å²) >= 11 is 2.77. The number of ether oxygens (including phenoxy) is 1. The van der Waals surface area contributed by atoms with Crippen molar-refractivity contribution in [1.82, 2.24) is 15.1 Å². The number of rotatable bonds is 7. The molecule has 0 radical (unpaired) electrons. The van der Waals surface area contributed by atoms with Crippen molar-refractivity contribution in [2.24, 2.45) is 0 Å². The number of hydrogen-bond acceptors (Lipinski definition) is 8. The Balaban J connectivity index is 1.34. The number of nitrogens with zero attached hydrogens (tertiary/aromatic N) is 3. The van der Waals surface area contributed by atoms with Crippen LogP contribution in [-0.4, -0.2) is 58.5 Å². The van der Waals surface area contributed by atoms with E-state index in [1.807, 2.05) is 0 Å². The fourth-order valence-corrected chi connectivity index (χ4v) is 4.91. The minimum atomic E-state index is -0.391. The Bertz CT molecular complexity index is 599. The first-order valence-corrected chi connectivity index (χ1v) is 11.2. The fourth-order valence-electron chi connectivity index (χ4n) is 3.29. The summed E-state index contributed by atoms with van der Waals surface area (Å²) < 4.78 is 5.84. The molecule has 1 aliphatic carbocycles. The second-order valence-corrected chi connectivity index (χ2v) is 8.94. The normalized spacial score (nSPS) is 18.5. The van der Waals surface area contributed by atoms with Crippen molar-refractivity contribution in [2.45, 2.75) is 61.7 Å². The van der Waals surface area contributed by atoms with Crippen LogP contribution in [0.2, 0.25) is 0 Å². The molecule has 3 rings (SSSR count). The van der Waals surface area contributed by atoms with Crippen molar-refractivity contribution in [3.05, 3.63) is 0 Å². The summed E-state index contributed by atoms with van der Waals surface area (Å²) in [6, 6.07) is 0.486. The summed E-state index contributed by atoms with van der Waals surface area (Å²) in [6.07, 6.45) is 9.43. The van der Waals surface area contributed by atoms with Gasteiger partial charge in [0.1, 0.15) is 0 Å². The monoisotopic (exact) mass is 398 g/mol. The number of piperidine rings is 1. The highest BCUT2D eigenvalue weighted by Crippen LogP contribution is 2.28. The van der Waals surface area contributed by atoms with Gasteiger partial charge in [0.15, 0.2) is 10.9 Å². The highest BCUT2D eigenvalue weighted by molar-refractivity contribution is 8.01. The third-order valence-corrected chi connectivity index (χ3v) is 6.68. The van der Waals surface area contributed by atoms with E-state index in [1.165, 1.54) is 61.6 Å². The van der Waals surface area contributed by atoms with Crippen molar-refractivity contribution < 1.29 is 14.3 Å². The van der Waals surface area contributed by atoms with E-state index in [2.05, 4.69) is 15.5 Å². The minimum Gasteiger partial charge on any atom is -0.455 e. The van der Waals surface area contributed by atoms with Crippen LogP contribution in [0.15, 0.2) is 4.34 Å². The molecule has 2 aliphatic rings. The number of likely N-dealkylation sites (tertiary alicyclic amines) is 1. The fraction of sp³-hybridized carbons (Fsp3) is 0.765. The summed E-state index contributed by atoms with van der Waals surface area (Å²) in [5.74, 6) is -0.346. The van der Waals surface area contributed by atoms with Gasteiger partial charge in [-0.2, -0.15) is 0 Å². The van der Waals surface area contributed by atoms with E-state index in [0.29, 0.717) is 6.04 Å². The Kier molecular flexibility index (Phi) is 7.55. The first kappa shape index (κ1) is 19.4. The highest BCUT2D eigenvalue weighted by atomic mass is 32.2. The Morgan fingerprint density at radius 1 is 1.12 bits per heavy atom. The first-order valence-electron chi connectivity index (χ1n) is 9.37. The second-order valence-electron chi connectivity index (χ2n) is 6.74. The lowest BCUT2D eigenvalue weighted by molar-refractivity contribution is -0.150. The molecule has 1 amide bonds. The van der Waals surface area contributed by atoms with Crippen LogP contribution in [0.5, 0.6) is 0 Å². The SMILES string of the molecule is O=C(CSc1nnc(NC2CCCCC2)s1)OCC(=O)N1CCCCC1. The van der Waals surface area contributed by atoms with Gasteiger partial charge in [-0.15, -0.1) is 10.2 Å². The lowest BCUT2D eigenvalue weighted by Crippen LogP contribution is -2.38. The Morgan fingerprint density at radius 3 is 2.62 bits per heavy atom. The number of anilines is 1. The summed E-state index contributed by atoms with van der Waals surface area (Å²) in [5.41, 5.74) is 0. The van der Waals surface area contributed by atoms with Crippen LogP contribution >= 0.6 is 23.1 Å². The Morgan fingerprint density at radius 2 is 1.85 bits per heavy atom. The van der Waals surface area contributed by atoms with Crippen LogP contribution in [0, 0.1) is 0 Å². The maximum atomic E-state index is 12.0. The van der Waals surface area contributed by atoms with Crippen molar-refractivity contribution in [3.8, 4) is 0 Å². The van der Waals surface area contributed by atoms with Gasteiger partial charge >= 0.3 is 5.97 Å². The molecule has 1 N–H and O–H groups in total. The molecular formula is C17H26N4O3S2. The van der Waals surface area contributed by atoms with Crippen molar-refractivity contribution in [1.29, 1.82) is 0 Å². The molecule has 1 aromatic rings. The van der Waals surface area contributed by atoms with Gasteiger partial charge in [0.2, 0.25) is 5.13 Å². The van der Waals surface area contributed by atoms with E-state index in [4.69, 9.17) is 4.74 Å². The van der Waals surface area contributed by atoms with Crippen molar-refractivity contribution >= 4 is 40.1 Å². The number of amides is 1. The summed E-state index contributed by atoms with van der Waals surface area (Å²) in [6.45, 7) is 1.38. The summed E-state index contributed by atoms with van der Waals surface area (Å²) in [4.78, 5) is 25.6. The van der Waals surface area contributed by atoms with Gasteiger partial charge in [0.25, 0.3) is 5.91 Å². The maximum absolute atomic E-state index is 12.0. The van der Waals surface area contributed by atoms with Gasteiger partial charge in [0.05, 0.1) is 5.75 Å². The van der Waals surface area contributed by atoms with E-state index in [1.54, 1.807) is 4.90 Å². The van der Waals surface area contributed by atoms with Crippen LogP contribution in [0.1, 0.15) is 51.4 Å². The molecule has 26 heavy (non-hydrogen) atoms. The van der Waals surface area contributed by atoms with E-state index in [-0.39, 0.29) is 18.3 Å². The van der Waals surface area contributed by atoms with E-state index < -0.39 is 5.97 Å². The van der Waals surface area contributed by atoms with Crippen LogP contribution in [-0.2, 0) is 14.3 Å². The predicted octanol–water partition coefficient (Wildman–Crippen LogP) is 2.93. The van der Waals surface area contributed by atoms with Gasteiger partial charge in [-0.1, -0.05) is 42.4 Å². The van der Waals surface area contributed by atoms with E-state index in [0.717, 1.165) is 35.4 Å². The molecule has 1 aliphatic heterocycles. The average Bonchev–Trinajstić information content (AvgIpc) is 3.13. The molecular weight excluding hydrogens is 372 g/mol. The zero-order valence-corrected chi connectivity index (χ0v) is 16.6. The lowest BCUT2D eigenvalue weighted by Gasteiger charge is -2.26. The number of aromatic nitrogens is 2. The van der Waals surface area contributed by atoms with Gasteiger partial charge < -0.3 is 15.0 Å². The minimum absolute atomic E-state index is 0.0991. The molecule has 2 fully saturated rings. The van der Waals surface area contributed by atoms with Gasteiger partial charge in [-0.3, -0.25) is 9.59 Å². The molecule has 7 nitrogen and oxygen atoms in total. The lowest BCUT2D eigenvalue weighted by atomic mass is 9.96. The van der Waals surface area contributed by atoms with Gasteiger partial charge in [-0.25, -0.2) is 0 Å². The molecule has 0 spiro atoms. The number of carbonyl (C=O) groups is 2. The van der Waals surface area contributed by atoms with E-state index >= 15 is 0 Å². The van der Waals surface area contributed by atoms with Crippen molar-refractivity contribution in [3.63, 3.8) is 0 Å². The second kappa shape index (κ2) is 10.1. The van der Waals surface area contributed by atoms with E-state index in [9.17, 15) is 9.59 Å². The van der Waals surface area contributed by atoms with Crippen molar-refractivity contribution in [2.75, 3.05) is 30.8 Å². The van der Waals surface area contributed by atoms with Crippen LogP contribution < -0.4 is 5.32 Å². The molecule has 0 unspecified atom stereocenters. The topological polar surface area (TPSA) is 84.4 Å². The summed E-state index contributed by atoms with van der Waals surface area (Å²) in [5, 5.41) is 12.5. The molecule has 1 saturated carbocycles. The Labute approximate surface area is 162 Å². The first-order chi connectivity index (χ1) is 12.7. The highest BCUT2D eigenvalue weighted by Gasteiger charge is 2.19. The number of hydrogen-bond donors (Lipinski definition) is 1. The zero-order valence-electron chi connectivity index (χ0n) is 14.9. The molecule has 1 saturated heterocycles. The maximum Gasteiger partial charge on any atom is 0.316 e. The number of thioether (sulfide) groups is 1. The molecule has 9 heteroatoms. The third-order valence-electron chi connectivity index (χ3n) is 4.72. The third kappa shape index (κ3) is 6.12. The summed E-state index contributed by atoms with van der Waals surface area (Å²) in [7, 11) is 0. The predicted molar refractivity (Wildman–Crippen MR) is 103 cm³/mol.